The first kappa shape index (κ1) is 19.2. The zero-order chi connectivity index (χ0) is 20.4. The van der Waals surface area contributed by atoms with Crippen LogP contribution in [-0.4, -0.2) is 21.9 Å². The number of nitrogens with one attached hydrogen (secondary N) is 1. The lowest BCUT2D eigenvalue weighted by molar-refractivity contribution is -0.118. The fourth-order valence-corrected chi connectivity index (χ4v) is 3.69. The van der Waals surface area contributed by atoms with Gasteiger partial charge in [-0.05, 0) is 35.2 Å². The molecule has 1 N–H and O–H groups in total. The summed E-state index contributed by atoms with van der Waals surface area (Å²) in [5.41, 5.74) is 3.97. The number of fused-ring (bicyclic) bond motifs is 1. The van der Waals surface area contributed by atoms with E-state index in [1.54, 1.807) is 11.3 Å². The molecule has 4 rings (SSSR count). The number of nitrogens with zero attached hydrogens (tertiary/aromatic N) is 2. The molecule has 0 saturated heterocycles. The zero-order valence-corrected chi connectivity index (χ0v) is 17.5. The Labute approximate surface area is 174 Å². The molecular weight excluding hydrogens is 382 g/mol. The van der Waals surface area contributed by atoms with Crippen molar-refractivity contribution < 1.29 is 9.53 Å². The molecule has 0 fully saturated rings. The van der Waals surface area contributed by atoms with Crippen LogP contribution in [0.15, 0.2) is 66.3 Å². The van der Waals surface area contributed by atoms with Crippen LogP contribution in [0.1, 0.15) is 26.3 Å². The molecule has 1 amide bonds. The average Bonchev–Trinajstić information content (AvgIpc) is 3.29. The molecule has 148 valence electrons. The highest BCUT2D eigenvalue weighted by atomic mass is 32.1. The molecule has 0 aliphatic carbocycles. The normalized spacial score (nSPS) is 11.6. The number of imidazole rings is 1. The van der Waals surface area contributed by atoms with Gasteiger partial charge < -0.3 is 10.1 Å². The average molecular weight is 406 g/mol. The van der Waals surface area contributed by atoms with Gasteiger partial charge in [0, 0.05) is 29.0 Å². The van der Waals surface area contributed by atoms with Gasteiger partial charge in [0.05, 0.1) is 5.69 Å². The van der Waals surface area contributed by atoms with Crippen molar-refractivity contribution in [3.63, 3.8) is 0 Å². The van der Waals surface area contributed by atoms with E-state index in [1.165, 1.54) is 5.56 Å². The zero-order valence-electron chi connectivity index (χ0n) is 16.7. The number of amides is 1. The summed E-state index contributed by atoms with van der Waals surface area (Å²) in [5, 5.41) is 4.87. The number of hydrogen-bond donors (Lipinski definition) is 1. The number of hydrogen-bond acceptors (Lipinski definition) is 4. The lowest BCUT2D eigenvalue weighted by Gasteiger charge is -2.19. The van der Waals surface area contributed by atoms with E-state index < -0.39 is 0 Å². The van der Waals surface area contributed by atoms with Gasteiger partial charge in [0.25, 0.3) is 5.91 Å². The second kappa shape index (κ2) is 7.72. The molecule has 0 unspecified atom stereocenters. The quantitative estimate of drug-likeness (QED) is 0.485. The molecule has 0 aliphatic heterocycles. The van der Waals surface area contributed by atoms with E-state index in [9.17, 15) is 4.79 Å². The van der Waals surface area contributed by atoms with E-state index in [0.717, 1.165) is 21.9 Å². The number of aromatic nitrogens is 2. The van der Waals surface area contributed by atoms with Gasteiger partial charge in [0.2, 0.25) is 0 Å². The molecule has 0 aliphatic rings. The van der Waals surface area contributed by atoms with Crippen LogP contribution in [0.4, 0.5) is 5.69 Å². The monoisotopic (exact) mass is 405 g/mol. The second-order valence-corrected chi connectivity index (χ2v) is 8.78. The molecule has 2 heterocycles. The van der Waals surface area contributed by atoms with Gasteiger partial charge in [-0.3, -0.25) is 9.20 Å². The highest BCUT2D eigenvalue weighted by molar-refractivity contribution is 7.15. The van der Waals surface area contributed by atoms with Crippen molar-refractivity contribution in [2.24, 2.45) is 0 Å². The minimum Gasteiger partial charge on any atom is -0.484 e. The smallest absolute Gasteiger partial charge is 0.262 e. The number of benzene rings is 2. The Bertz CT molecular complexity index is 1090. The number of rotatable bonds is 5. The van der Waals surface area contributed by atoms with Crippen LogP contribution in [0.5, 0.6) is 5.75 Å². The van der Waals surface area contributed by atoms with Crippen LogP contribution in [0.3, 0.4) is 0 Å². The van der Waals surface area contributed by atoms with Gasteiger partial charge in [-0.1, -0.05) is 45.0 Å². The van der Waals surface area contributed by atoms with E-state index in [4.69, 9.17) is 4.74 Å². The molecule has 0 saturated carbocycles. The molecule has 6 heteroatoms. The maximum atomic E-state index is 12.2. The van der Waals surface area contributed by atoms with Crippen molar-refractivity contribution in [1.82, 2.24) is 9.38 Å². The Balaban J connectivity index is 1.33. The number of carbonyl (C=O) groups is 1. The molecule has 0 radical (unpaired) electrons. The predicted octanol–water partition coefficient (Wildman–Crippen LogP) is 5.38. The number of anilines is 1. The summed E-state index contributed by atoms with van der Waals surface area (Å²) in [7, 11) is 0. The Morgan fingerprint density at radius 2 is 1.83 bits per heavy atom. The fourth-order valence-electron chi connectivity index (χ4n) is 2.99. The maximum absolute atomic E-state index is 12.2. The first-order chi connectivity index (χ1) is 13.9. The highest BCUT2D eigenvalue weighted by Gasteiger charge is 2.13. The van der Waals surface area contributed by atoms with E-state index in [1.807, 2.05) is 70.7 Å². The van der Waals surface area contributed by atoms with E-state index >= 15 is 0 Å². The minimum atomic E-state index is -0.194. The van der Waals surface area contributed by atoms with Crippen molar-refractivity contribution >= 4 is 27.9 Å². The van der Waals surface area contributed by atoms with Crippen molar-refractivity contribution in [2.45, 2.75) is 26.2 Å². The maximum Gasteiger partial charge on any atom is 0.262 e. The Morgan fingerprint density at radius 3 is 2.48 bits per heavy atom. The summed E-state index contributed by atoms with van der Waals surface area (Å²) in [6, 6.07) is 15.5. The third kappa shape index (κ3) is 4.49. The summed E-state index contributed by atoms with van der Waals surface area (Å²) in [6.07, 6.45) is 3.99. The topological polar surface area (TPSA) is 55.6 Å². The summed E-state index contributed by atoms with van der Waals surface area (Å²) in [5.74, 6) is 0.489. The van der Waals surface area contributed by atoms with Crippen LogP contribution < -0.4 is 10.1 Å². The molecule has 5 nitrogen and oxygen atoms in total. The van der Waals surface area contributed by atoms with Crippen molar-refractivity contribution in [3.8, 4) is 17.0 Å². The summed E-state index contributed by atoms with van der Waals surface area (Å²) >= 11 is 1.60. The van der Waals surface area contributed by atoms with Crippen LogP contribution in [0, 0.1) is 0 Å². The van der Waals surface area contributed by atoms with Crippen LogP contribution in [-0.2, 0) is 10.2 Å². The van der Waals surface area contributed by atoms with Gasteiger partial charge in [-0.2, -0.15) is 0 Å². The molecule has 0 bridgehead atoms. The van der Waals surface area contributed by atoms with Gasteiger partial charge in [-0.15, -0.1) is 11.3 Å². The predicted molar refractivity (Wildman–Crippen MR) is 118 cm³/mol. The largest absolute Gasteiger partial charge is 0.484 e. The van der Waals surface area contributed by atoms with Crippen LogP contribution >= 0.6 is 11.3 Å². The summed E-state index contributed by atoms with van der Waals surface area (Å²) in [4.78, 5) is 17.8. The van der Waals surface area contributed by atoms with Gasteiger partial charge in [0.1, 0.15) is 5.75 Å². The Hall–Kier alpha value is -3.12. The van der Waals surface area contributed by atoms with Crippen molar-refractivity contribution in [2.75, 3.05) is 11.9 Å². The van der Waals surface area contributed by atoms with Crippen molar-refractivity contribution in [1.29, 1.82) is 0 Å². The lowest BCUT2D eigenvalue weighted by Crippen LogP contribution is -2.20. The lowest BCUT2D eigenvalue weighted by atomic mass is 9.87. The first-order valence-corrected chi connectivity index (χ1v) is 10.3. The summed E-state index contributed by atoms with van der Waals surface area (Å²) < 4.78 is 7.60. The van der Waals surface area contributed by atoms with E-state index in [-0.39, 0.29) is 17.9 Å². The van der Waals surface area contributed by atoms with E-state index in [2.05, 4.69) is 31.1 Å². The molecule has 0 spiro atoms. The molecule has 2 aromatic carbocycles. The summed E-state index contributed by atoms with van der Waals surface area (Å²) in [6.45, 7) is 6.46. The standard InChI is InChI=1S/C23H23N3O2S/c1-23(2,3)17-6-10-19(11-7-17)28-15-21(27)24-18-8-4-16(5-9-18)20-14-26-12-13-29-22(26)25-20/h4-14H,15H2,1-3H3,(H,24,27). The molecule has 2 aromatic heterocycles. The van der Waals surface area contributed by atoms with Crippen LogP contribution in [0.25, 0.3) is 16.2 Å². The van der Waals surface area contributed by atoms with Gasteiger partial charge >= 0.3 is 0 Å². The SMILES string of the molecule is CC(C)(C)c1ccc(OCC(=O)Nc2ccc(-c3cn4ccsc4n3)cc2)cc1. The molecule has 29 heavy (non-hydrogen) atoms. The van der Waals surface area contributed by atoms with Crippen LogP contribution in [0.2, 0.25) is 0 Å². The molecule has 4 aromatic rings. The molecule has 0 atom stereocenters. The Kier molecular flexibility index (Phi) is 5.11. The fraction of sp³-hybridized carbons (Fsp3) is 0.217. The highest BCUT2D eigenvalue weighted by Crippen LogP contribution is 2.25. The van der Waals surface area contributed by atoms with Crippen molar-refractivity contribution in [3.05, 3.63) is 71.9 Å². The third-order valence-corrected chi connectivity index (χ3v) is 5.42. The van der Waals surface area contributed by atoms with Gasteiger partial charge in [-0.25, -0.2) is 4.98 Å². The Morgan fingerprint density at radius 1 is 1.10 bits per heavy atom. The minimum absolute atomic E-state index is 0.0338. The van der Waals surface area contributed by atoms with E-state index in [0.29, 0.717) is 5.75 Å². The number of carbonyl (C=O) groups excluding carboxylic acids is 1. The number of ether oxygens (including phenoxy) is 1. The van der Waals surface area contributed by atoms with Gasteiger partial charge in [0.15, 0.2) is 11.6 Å². The third-order valence-electron chi connectivity index (χ3n) is 4.65. The molecular formula is C23H23N3O2S. The number of thiazole rings is 1. The first-order valence-electron chi connectivity index (χ1n) is 9.44. The second-order valence-electron chi connectivity index (χ2n) is 7.91.